The molecule has 3 nitrogen and oxygen atoms in total. The summed E-state index contributed by atoms with van der Waals surface area (Å²) >= 11 is 5.76. The van der Waals surface area contributed by atoms with Gasteiger partial charge in [-0.25, -0.2) is 4.39 Å². The molecule has 1 heterocycles. The molecule has 1 fully saturated rings. The van der Waals surface area contributed by atoms with Crippen LogP contribution in [0.3, 0.4) is 0 Å². The summed E-state index contributed by atoms with van der Waals surface area (Å²) in [5.41, 5.74) is -0.284. The molecule has 1 aliphatic heterocycles. The van der Waals surface area contributed by atoms with Gasteiger partial charge in [-0.05, 0) is 39.2 Å². The molecule has 1 N–H and O–H groups in total. The highest BCUT2D eigenvalue weighted by atomic mass is 35.5. The van der Waals surface area contributed by atoms with E-state index < -0.39 is 24.1 Å². The topological polar surface area (TPSA) is 38.7 Å². The van der Waals surface area contributed by atoms with Gasteiger partial charge in [0.15, 0.2) is 0 Å². The number of benzene rings is 1. The number of hydrogen-bond donors (Lipinski definition) is 1. The van der Waals surface area contributed by atoms with Gasteiger partial charge in [-0.15, -0.1) is 0 Å². The fraction of sp³-hybridized carbons (Fsp3) is 0.467. The third kappa shape index (κ3) is 3.16. The lowest BCUT2D eigenvalue weighted by Crippen LogP contribution is -2.41. The Labute approximate surface area is 129 Å². The summed E-state index contributed by atoms with van der Waals surface area (Å²) in [6.45, 7) is 7.39. The zero-order valence-electron chi connectivity index (χ0n) is 12.6. The highest BCUT2D eigenvalue weighted by molar-refractivity contribution is 6.55. The summed E-state index contributed by atoms with van der Waals surface area (Å²) in [4.78, 5) is 0. The van der Waals surface area contributed by atoms with E-state index in [1.165, 1.54) is 12.1 Å². The summed E-state index contributed by atoms with van der Waals surface area (Å²) in [7, 11) is -0.710. The van der Waals surface area contributed by atoms with Crippen molar-refractivity contribution in [2.24, 2.45) is 0 Å². The van der Waals surface area contributed by atoms with Crippen molar-refractivity contribution in [2.45, 2.75) is 38.9 Å². The number of halogens is 2. The average molecular weight is 313 g/mol. The summed E-state index contributed by atoms with van der Waals surface area (Å²) in [5, 5.41) is 9.60. The van der Waals surface area contributed by atoms with E-state index in [4.69, 9.17) is 20.9 Å². The molecule has 114 valence electrons. The maximum absolute atomic E-state index is 13.9. The lowest BCUT2D eigenvalue weighted by atomic mass is 9.77. The maximum atomic E-state index is 13.9. The molecule has 1 aromatic rings. The molecular weight excluding hydrogens is 293 g/mol. The third-order valence-corrected chi connectivity index (χ3v) is 4.35. The smallest absolute Gasteiger partial charge is 0.400 e. The first kappa shape index (κ1) is 16.5. The predicted octanol–water partition coefficient (Wildman–Crippen LogP) is 3.49. The molecule has 6 heteroatoms. The molecular formula is C15H19BClFO3. The number of hydrogen-bond acceptors (Lipinski definition) is 3. The van der Waals surface area contributed by atoms with Gasteiger partial charge in [0.1, 0.15) is 5.82 Å². The largest absolute Gasteiger partial charge is 0.492 e. The Kier molecular flexibility index (Phi) is 4.50. The first-order valence-corrected chi connectivity index (χ1v) is 7.17. The summed E-state index contributed by atoms with van der Waals surface area (Å²) in [6, 6.07) is 4.71. The Hall–Kier alpha value is -0.875. The van der Waals surface area contributed by atoms with E-state index in [9.17, 15) is 9.50 Å². The maximum Gasteiger partial charge on any atom is 0.492 e. The van der Waals surface area contributed by atoms with Crippen molar-refractivity contribution >= 4 is 24.8 Å². The summed E-state index contributed by atoms with van der Waals surface area (Å²) in [6.07, 6.45) is 1.52. The van der Waals surface area contributed by atoms with Crippen LogP contribution in [0.1, 0.15) is 33.3 Å². The normalized spacial score (nSPS) is 20.9. The molecule has 0 bridgehead atoms. The van der Waals surface area contributed by atoms with Gasteiger partial charge in [0.2, 0.25) is 0 Å². The van der Waals surface area contributed by atoms with Gasteiger partial charge < -0.3 is 14.4 Å². The number of aliphatic hydroxyl groups is 1. The van der Waals surface area contributed by atoms with Crippen LogP contribution in [0.25, 0.3) is 6.08 Å². The lowest BCUT2D eigenvalue weighted by molar-refractivity contribution is 0.00578. The van der Waals surface area contributed by atoms with E-state index in [2.05, 4.69) is 0 Å². The third-order valence-electron chi connectivity index (χ3n) is 4.06. The van der Waals surface area contributed by atoms with Crippen molar-refractivity contribution in [1.82, 2.24) is 0 Å². The molecule has 0 unspecified atom stereocenters. The van der Waals surface area contributed by atoms with Crippen LogP contribution in [0.15, 0.2) is 23.7 Å². The minimum absolute atomic E-state index is 0.0370. The van der Waals surface area contributed by atoms with Gasteiger partial charge >= 0.3 is 7.12 Å². The predicted molar refractivity (Wildman–Crippen MR) is 82.6 cm³/mol. The molecule has 1 saturated heterocycles. The SMILES string of the molecule is CC1(C)OB(C(=Cc2cccc(Cl)c2F)CO)OC1(C)C. The second kappa shape index (κ2) is 5.73. The van der Waals surface area contributed by atoms with Gasteiger partial charge in [0.25, 0.3) is 0 Å². The standard InChI is InChI=1S/C15H19BClFO3/c1-14(2)15(3,4)21-16(20-14)11(9-19)8-10-6-5-7-12(17)13(10)18/h5-8,19H,9H2,1-4H3. The second-order valence-corrected chi connectivity index (χ2v) is 6.52. The van der Waals surface area contributed by atoms with Crippen LogP contribution >= 0.6 is 11.6 Å². The highest BCUT2D eigenvalue weighted by Crippen LogP contribution is 2.38. The fourth-order valence-electron chi connectivity index (χ4n) is 2.01. The quantitative estimate of drug-likeness (QED) is 0.868. The molecule has 21 heavy (non-hydrogen) atoms. The van der Waals surface area contributed by atoms with E-state index in [-0.39, 0.29) is 11.6 Å². The zero-order chi connectivity index (χ0) is 15.8. The van der Waals surface area contributed by atoms with Crippen molar-refractivity contribution in [1.29, 1.82) is 0 Å². The minimum Gasteiger partial charge on any atom is -0.400 e. The van der Waals surface area contributed by atoms with Crippen molar-refractivity contribution in [2.75, 3.05) is 6.61 Å². The molecule has 0 radical (unpaired) electrons. The lowest BCUT2D eigenvalue weighted by Gasteiger charge is -2.32. The van der Waals surface area contributed by atoms with Crippen molar-refractivity contribution in [3.05, 3.63) is 40.1 Å². The minimum atomic E-state index is -0.710. The Balaban J connectivity index is 2.33. The average Bonchev–Trinajstić information content (AvgIpc) is 2.60. The van der Waals surface area contributed by atoms with Crippen molar-refractivity contribution in [3.63, 3.8) is 0 Å². The van der Waals surface area contributed by atoms with Crippen LogP contribution in [0.2, 0.25) is 5.02 Å². The molecule has 0 saturated carbocycles. The van der Waals surface area contributed by atoms with Crippen LogP contribution in [0.4, 0.5) is 4.39 Å². The molecule has 1 aromatic carbocycles. The molecule has 0 aliphatic carbocycles. The Morgan fingerprint density at radius 2 is 1.86 bits per heavy atom. The Morgan fingerprint density at radius 3 is 2.38 bits per heavy atom. The Bertz CT molecular complexity index is 556. The number of aliphatic hydroxyl groups excluding tert-OH is 1. The zero-order valence-corrected chi connectivity index (χ0v) is 13.4. The molecule has 2 rings (SSSR count). The van der Waals surface area contributed by atoms with Crippen molar-refractivity contribution in [3.8, 4) is 0 Å². The van der Waals surface area contributed by atoms with Crippen LogP contribution < -0.4 is 0 Å². The Morgan fingerprint density at radius 1 is 1.29 bits per heavy atom. The van der Waals surface area contributed by atoms with Gasteiger partial charge in [-0.1, -0.05) is 29.8 Å². The van der Waals surface area contributed by atoms with Crippen LogP contribution in [-0.2, 0) is 9.31 Å². The fourth-order valence-corrected chi connectivity index (χ4v) is 2.20. The van der Waals surface area contributed by atoms with Crippen LogP contribution in [0, 0.1) is 5.82 Å². The second-order valence-electron chi connectivity index (χ2n) is 6.11. The van der Waals surface area contributed by atoms with E-state index in [0.29, 0.717) is 11.0 Å². The highest BCUT2D eigenvalue weighted by Gasteiger charge is 2.52. The van der Waals surface area contributed by atoms with Crippen molar-refractivity contribution < 1.29 is 18.8 Å². The van der Waals surface area contributed by atoms with E-state index in [0.717, 1.165) is 0 Å². The van der Waals surface area contributed by atoms with Gasteiger partial charge in [-0.3, -0.25) is 0 Å². The van der Waals surface area contributed by atoms with Crippen LogP contribution in [-0.4, -0.2) is 30.0 Å². The van der Waals surface area contributed by atoms with Gasteiger partial charge in [0.05, 0.1) is 22.8 Å². The number of rotatable bonds is 3. The monoisotopic (exact) mass is 312 g/mol. The first-order valence-electron chi connectivity index (χ1n) is 6.79. The molecule has 0 atom stereocenters. The summed E-state index contributed by atoms with van der Waals surface area (Å²) in [5.74, 6) is -0.526. The molecule has 1 aliphatic rings. The van der Waals surface area contributed by atoms with Gasteiger partial charge in [-0.2, -0.15) is 0 Å². The molecule has 0 spiro atoms. The molecule has 0 amide bonds. The first-order chi connectivity index (χ1) is 9.68. The van der Waals surface area contributed by atoms with E-state index in [1.54, 1.807) is 12.1 Å². The van der Waals surface area contributed by atoms with E-state index in [1.807, 2.05) is 27.7 Å². The van der Waals surface area contributed by atoms with Gasteiger partial charge in [0, 0.05) is 5.56 Å². The summed E-state index contributed by atoms with van der Waals surface area (Å²) < 4.78 is 25.7. The van der Waals surface area contributed by atoms with Crippen LogP contribution in [0.5, 0.6) is 0 Å². The molecule has 0 aromatic heterocycles. The van der Waals surface area contributed by atoms with E-state index >= 15 is 0 Å².